The fourth-order valence-corrected chi connectivity index (χ4v) is 3.74. The number of para-hydroxylation sites is 1. The molecule has 2 aliphatic heterocycles. The molecule has 0 N–H and O–H groups in total. The lowest BCUT2D eigenvalue weighted by Crippen LogP contribution is -2.51. The second-order valence-electron chi connectivity index (χ2n) is 6.78. The molecule has 1 unspecified atom stereocenters. The maximum atomic E-state index is 13.2. The van der Waals surface area contributed by atoms with Crippen LogP contribution in [0.1, 0.15) is 35.2 Å². The van der Waals surface area contributed by atoms with Crippen molar-refractivity contribution in [1.29, 1.82) is 0 Å². The second-order valence-corrected chi connectivity index (χ2v) is 6.78. The summed E-state index contributed by atoms with van der Waals surface area (Å²) in [5.41, 5.74) is 1.64. The number of anilines is 1. The van der Waals surface area contributed by atoms with Crippen LogP contribution in [0.2, 0.25) is 0 Å². The van der Waals surface area contributed by atoms with Gasteiger partial charge in [0.05, 0.1) is 11.3 Å². The Morgan fingerprint density at radius 1 is 0.963 bits per heavy atom. The molecular formula is C22H20N2O3. The lowest BCUT2D eigenvalue weighted by Gasteiger charge is -2.33. The number of carbonyl (C=O) groups excluding carboxylic acids is 3. The minimum atomic E-state index is -0.576. The number of hydrogen-bond donors (Lipinski definition) is 0. The van der Waals surface area contributed by atoms with E-state index in [1.807, 2.05) is 30.3 Å². The Morgan fingerprint density at radius 2 is 1.70 bits per heavy atom. The minimum absolute atomic E-state index is 0.175. The van der Waals surface area contributed by atoms with Crippen molar-refractivity contribution in [2.45, 2.75) is 25.3 Å². The molecule has 1 saturated heterocycles. The zero-order chi connectivity index (χ0) is 18.8. The van der Waals surface area contributed by atoms with Gasteiger partial charge >= 0.3 is 0 Å². The van der Waals surface area contributed by atoms with E-state index >= 15 is 0 Å². The maximum absolute atomic E-state index is 13.2. The maximum Gasteiger partial charge on any atom is 0.257 e. The first-order valence-corrected chi connectivity index (χ1v) is 9.18. The van der Waals surface area contributed by atoms with Gasteiger partial charge in [0.15, 0.2) is 0 Å². The Hall–Kier alpha value is -3.21. The Bertz CT molecular complexity index is 920. The Morgan fingerprint density at radius 3 is 2.52 bits per heavy atom. The number of nitrogens with zero attached hydrogens (tertiary/aromatic N) is 2. The summed E-state index contributed by atoms with van der Waals surface area (Å²) in [7, 11) is 0. The van der Waals surface area contributed by atoms with Crippen molar-refractivity contribution in [1.82, 2.24) is 4.90 Å². The van der Waals surface area contributed by atoms with Crippen molar-refractivity contribution in [2.75, 3.05) is 11.4 Å². The van der Waals surface area contributed by atoms with E-state index in [4.69, 9.17) is 0 Å². The fourth-order valence-electron chi connectivity index (χ4n) is 3.74. The van der Waals surface area contributed by atoms with E-state index in [0.29, 0.717) is 24.2 Å². The number of piperidine rings is 1. The number of rotatable bonds is 2. The van der Waals surface area contributed by atoms with Crippen LogP contribution < -0.4 is 4.90 Å². The lowest BCUT2D eigenvalue weighted by molar-refractivity contribution is -0.128. The van der Waals surface area contributed by atoms with Gasteiger partial charge in [-0.15, -0.1) is 0 Å². The molecule has 2 aromatic carbocycles. The molecule has 2 heterocycles. The van der Waals surface area contributed by atoms with Crippen LogP contribution in [0.4, 0.5) is 5.69 Å². The van der Waals surface area contributed by atoms with E-state index in [1.54, 1.807) is 35.2 Å². The molecule has 2 aliphatic rings. The number of imide groups is 1. The molecule has 2 aromatic rings. The average molecular weight is 360 g/mol. The smallest absolute Gasteiger partial charge is 0.257 e. The monoisotopic (exact) mass is 360 g/mol. The standard InChI is InChI=1S/C22H20N2O3/c25-20(14-13-16-8-2-1-3-9-16)24-18-11-5-4-10-17(18)21(26)23-15-7-6-12-19(23)22(24)27/h1-5,8-11,13-14,19H,6-7,12,15H2/b14-13+. The lowest BCUT2D eigenvalue weighted by atomic mass is 10.0. The van der Waals surface area contributed by atoms with Crippen LogP contribution in [0.5, 0.6) is 0 Å². The van der Waals surface area contributed by atoms with Crippen LogP contribution in [0.3, 0.4) is 0 Å². The third-order valence-corrected chi connectivity index (χ3v) is 5.08. The Balaban J connectivity index is 1.74. The predicted octanol–water partition coefficient (Wildman–Crippen LogP) is 3.27. The minimum Gasteiger partial charge on any atom is -0.327 e. The second kappa shape index (κ2) is 7.19. The van der Waals surface area contributed by atoms with Crippen molar-refractivity contribution in [3.05, 3.63) is 71.8 Å². The molecule has 3 amide bonds. The van der Waals surface area contributed by atoms with Crippen LogP contribution in [-0.2, 0) is 9.59 Å². The van der Waals surface area contributed by atoms with Crippen LogP contribution in [0, 0.1) is 0 Å². The summed E-state index contributed by atoms with van der Waals surface area (Å²) >= 11 is 0. The SMILES string of the molecule is O=C(/C=C/c1ccccc1)N1C(=O)C2CCCCN2C(=O)c2ccccc21. The highest BCUT2D eigenvalue weighted by molar-refractivity contribution is 6.25. The van der Waals surface area contributed by atoms with E-state index in [9.17, 15) is 14.4 Å². The number of hydrogen-bond acceptors (Lipinski definition) is 3. The molecule has 0 saturated carbocycles. The molecule has 4 rings (SSSR count). The van der Waals surface area contributed by atoms with Crippen LogP contribution in [0.15, 0.2) is 60.7 Å². The van der Waals surface area contributed by atoms with Crippen LogP contribution >= 0.6 is 0 Å². The number of benzene rings is 2. The molecule has 5 heteroatoms. The van der Waals surface area contributed by atoms with Gasteiger partial charge in [-0.25, -0.2) is 4.90 Å². The first-order valence-electron chi connectivity index (χ1n) is 9.18. The van der Waals surface area contributed by atoms with E-state index in [-0.39, 0.29) is 11.8 Å². The van der Waals surface area contributed by atoms with E-state index in [0.717, 1.165) is 18.4 Å². The van der Waals surface area contributed by atoms with Crippen LogP contribution in [-0.4, -0.2) is 35.2 Å². The van der Waals surface area contributed by atoms with Gasteiger partial charge in [0.2, 0.25) is 0 Å². The number of fused-ring (bicyclic) bond motifs is 2. The van der Waals surface area contributed by atoms with Crippen molar-refractivity contribution >= 4 is 29.5 Å². The predicted molar refractivity (Wildman–Crippen MR) is 103 cm³/mol. The molecule has 0 spiro atoms. The molecule has 27 heavy (non-hydrogen) atoms. The molecule has 1 atom stereocenters. The molecule has 1 fully saturated rings. The van der Waals surface area contributed by atoms with Crippen molar-refractivity contribution in [3.8, 4) is 0 Å². The number of carbonyl (C=O) groups is 3. The first kappa shape index (κ1) is 17.2. The summed E-state index contributed by atoms with van der Waals surface area (Å²) < 4.78 is 0. The fraction of sp³-hybridized carbons (Fsp3) is 0.227. The van der Waals surface area contributed by atoms with E-state index in [1.165, 1.54) is 11.0 Å². The molecule has 136 valence electrons. The van der Waals surface area contributed by atoms with Crippen molar-refractivity contribution < 1.29 is 14.4 Å². The molecule has 0 aromatic heterocycles. The van der Waals surface area contributed by atoms with Gasteiger partial charge in [0, 0.05) is 12.6 Å². The topological polar surface area (TPSA) is 57.7 Å². The van der Waals surface area contributed by atoms with Crippen molar-refractivity contribution in [2.24, 2.45) is 0 Å². The molecule has 5 nitrogen and oxygen atoms in total. The Labute approximate surface area is 157 Å². The third kappa shape index (κ3) is 3.16. The summed E-state index contributed by atoms with van der Waals surface area (Å²) in [5, 5.41) is 0. The summed E-state index contributed by atoms with van der Waals surface area (Å²) in [6.07, 6.45) is 5.42. The zero-order valence-electron chi connectivity index (χ0n) is 14.9. The Kier molecular flexibility index (Phi) is 4.59. The van der Waals surface area contributed by atoms with Gasteiger partial charge in [-0.2, -0.15) is 0 Å². The van der Waals surface area contributed by atoms with E-state index in [2.05, 4.69) is 0 Å². The number of amides is 3. The third-order valence-electron chi connectivity index (χ3n) is 5.08. The van der Waals surface area contributed by atoms with Gasteiger partial charge < -0.3 is 4.90 Å². The summed E-state index contributed by atoms with van der Waals surface area (Å²) in [5.74, 6) is -0.932. The van der Waals surface area contributed by atoms with Crippen molar-refractivity contribution in [3.63, 3.8) is 0 Å². The molecular weight excluding hydrogens is 340 g/mol. The zero-order valence-corrected chi connectivity index (χ0v) is 14.9. The molecule has 0 aliphatic carbocycles. The molecule has 0 radical (unpaired) electrons. The molecule has 0 bridgehead atoms. The summed E-state index contributed by atoms with van der Waals surface area (Å²) in [6.45, 7) is 0.547. The average Bonchev–Trinajstić information content (AvgIpc) is 2.81. The highest BCUT2D eigenvalue weighted by atomic mass is 16.2. The van der Waals surface area contributed by atoms with Gasteiger partial charge in [-0.3, -0.25) is 14.4 Å². The van der Waals surface area contributed by atoms with Gasteiger partial charge in [0.25, 0.3) is 17.7 Å². The largest absolute Gasteiger partial charge is 0.327 e. The van der Waals surface area contributed by atoms with Crippen LogP contribution in [0.25, 0.3) is 6.08 Å². The highest BCUT2D eigenvalue weighted by Crippen LogP contribution is 2.32. The summed E-state index contributed by atoms with van der Waals surface area (Å²) in [6, 6.07) is 15.7. The van der Waals surface area contributed by atoms with Gasteiger partial charge in [-0.05, 0) is 43.0 Å². The quantitative estimate of drug-likeness (QED) is 0.773. The highest BCUT2D eigenvalue weighted by Gasteiger charge is 2.42. The first-order chi connectivity index (χ1) is 13.2. The summed E-state index contributed by atoms with van der Waals surface area (Å²) in [4.78, 5) is 42.0. The van der Waals surface area contributed by atoms with Gasteiger partial charge in [0.1, 0.15) is 6.04 Å². The van der Waals surface area contributed by atoms with Gasteiger partial charge in [-0.1, -0.05) is 42.5 Å². The van der Waals surface area contributed by atoms with E-state index < -0.39 is 11.9 Å². The normalized spacial score (nSPS) is 19.6.